The van der Waals surface area contributed by atoms with Gasteiger partial charge in [0.15, 0.2) is 10.9 Å². The number of benzene rings is 1. The van der Waals surface area contributed by atoms with E-state index in [2.05, 4.69) is 28.3 Å². The fraction of sp³-hybridized carbons (Fsp3) is 0.333. The Morgan fingerprint density at radius 3 is 2.88 bits per heavy atom. The number of aromatic nitrogens is 3. The van der Waals surface area contributed by atoms with Gasteiger partial charge in [0.05, 0.1) is 12.9 Å². The van der Waals surface area contributed by atoms with Crippen molar-refractivity contribution in [2.45, 2.75) is 29.7 Å². The number of H-pyrrole nitrogens is 1. The largest absolute Gasteiger partial charge is 0.497 e. The predicted octanol–water partition coefficient (Wildman–Crippen LogP) is 4.82. The first kappa shape index (κ1) is 20.8. The lowest BCUT2D eigenvalue weighted by atomic mass is 9.89. The molecule has 0 atom stereocenters. The monoisotopic (exact) mass is 450 g/mol. The third-order valence-corrected chi connectivity index (χ3v) is 7.22. The number of hydrogen-bond donors (Lipinski definition) is 1. The summed E-state index contributed by atoms with van der Waals surface area (Å²) in [5.41, 5.74) is 2.42. The molecule has 0 spiro atoms. The average Bonchev–Trinajstić information content (AvgIpc) is 3.56. The fourth-order valence-electron chi connectivity index (χ4n) is 4.33. The SMILES string of the molecule is COc1ccc2[nH]cc(C3CCN(C(=O)c4ccc(CSc5nccn5C)o4)CC3)c2c1. The van der Waals surface area contributed by atoms with Crippen LogP contribution >= 0.6 is 11.8 Å². The second-order valence-corrected chi connectivity index (χ2v) is 9.04. The molecule has 3 aromatic heterocycles. The minimum atomic E-state index is -0.0303. The summed E-state index contributed by atoms with van der Waals surface area (Å²) < 4.78 is 13.2. The molecule has 1 aliphatic rings. The zero-order valence-corrected chi connectivity index (χ0v) is 19.0. The normalized spacial score (nSPS) is 14.9. The van der Waals surface area contributed by atoms with Gasteiger partial charge in [0.2, 0.25) is 0 Å². The van der Waals surface area contributed by atoms with Crippen molar-refractivity contribution in [3.63, 3.8) is 0 Å². The van der Waals surface area contributed by atoms with Crippen LogP contribution in [0.15, 0.2) is 58.5 Å². The first-order chi connectivity index (χ1) is 15.6. The summed E-state index contributed by atoms with van der Waals surface area (Å²) in [4.78, 5) is 22.5. The van der Waals surface area contributed by atoms with Gasteiger partial charge in [0, 0.05) is 49.6 Å². The van der Waals surface area contributed by atoms with Crippen molar-refractivity contribution in [3.05, 3.63) is 66.0 Å². The van der Waals surface area contributed by atoms with Gasteiger partial charge in [0.1, 0.15) is 11.5 Å². The highest BCUT2D eigenvalue weighted by molar-refractivity contribution is 7.98. The Morgan fingerprint density at radius 1 is 1.28 bits per heavy atom. The lowest BCUT2D eigenvalue weighted by Crippen LogP contribution is -2.37. The predicted molar refractivity (Wildman–Crippen MR) is 124 cm³/mol. The van der Waals surface area contributed by atoms with E-state index >= 15 is 0 Å². The number of carbonyl (C=O) groups excluding carboxylic acids is 1. The minimum Gasteiger partial charge on any atom is -0.497 e. The second kappa shape index (κ2) is 8.78. The van der Waals surface area contributed by atoms with Crippen molar-refractivity contribution in [2.24, 2.45) is 7.05 Å². The third kappa shape index (κ3) is 4.02. The van der Waals surface area contributed by atoms with E-state index < -0.39 is 0 Å². The van der Waals surface area contributed by atoms with Crippen LogP contribution in [0.5, 0.6) is 5.75 Å². The van der Waals surface area contributed by atoms with Crippen molar-refractivity contribution in [2.75, 3.05) is 20.2 Å². The van der Waals surface area contributed by atoms with E-state index in [1.54, 1.807) is 31.1 Å². The molecule has 0 bridgehead atoms. The van der Waals surface area contributed by atoms with E-state index in [1.165, 1.54) is 10.9 Å². The molecule has 1 fully saturated rings. The topological polar surface area (TPSA) is 76.3 Å². The second-order valence-electron chi connectivity index (χ2n) is 8.10. The van der Waals surface area contributed by atoms with Crippen LogP contribution in [0, 0.1) is 0 Å². The molecule has 7 nitrogen and oxygen atoms in total. The zero-order chi connectivity index (χ0) is 22.1. The molecule has 1 aromatic carbocycles. The molecular formula is C24H26N4O3S. The minimum absolute atomic E-state index is 0.0303. The number of hydrogen-bond acceptors (Lipinski definition) is 5. The summed E-state index contributed by atoms with van der Waals surface area (Å²) in [6, 6.07) is 9.78. The summed E-state index contributed by atoms with van der Waals surface area (Å²) in [7, 11) is 3.65. The van der Waals surface area contributed by atoms with Crippen molar-refractivity contribution >= 4 is 28.6 Å². The number of methoxy groups -OCH3 is 1. The van der Waals surface area contributed by atoms with Crippen LogP contribution < -0.4 is 4.74 Å². The van der Waals surface area contributed by atoms with Crippen LogP contribution in [0.25, 0.3) is 10.9 Å². The van der Waals surface area contributed by atoms with Crippen molar-refractivity contribution in [1.29, 1.82) is 0 Å². The Morgan fingerprint density at radius 2 is 2.12 bits per heavy atom. The summed E-state index contributed by atoms with van der Waals surface area (Å²) in [6.45, 7) is 1.44. The zero-order valence-electron chi connectivity index (χ0n) is 18.2. The highest BCUT2D eigenvalue weighted by atomic mass is 32.2. The number of piperidine rings is 1. The average molecular weight is 451 g/mol. The van der Waals surface area contributed by atoms with Crippen LogP contribution in [0.4, 0.5) is 0 Å². The van der Waals surface area contributed by atoms with Crippen molar-refractivity contribution in [1.82, 2.24) is 19.4 Å². The van der Waals surface area contributed by atoms with Crippen LogP contribution in [0.1, 0.15) is 40.6 Å². The quantitative estimate of drug-likeness (QED) is 0.427. The number of thioether (sulfide) groups is 1. The van der Waals surface area contributed by atoms with E-state index in [9.17, 15) is 4.79 Å². The Hall–Kier alpha value is -3.13. The van der Waals surface area contributed by atoms with Crippen LogP contribution in [0.3, 0.4) is 0 Å². The number of aryl methyl sites for hydroxylation is 1. The molecule has 1 N–H and O–H groups in total. The first-order valence-corrected chi connectivity index (χ1v) is 11.7. The lowest BCUT2D eigenvalue weighted by Gasteiger charge is -2.31. The van der Waals surface area contributed by atoms with E-state index in [1.807, 2.05) is 34.8 Å². The van der Waals surface area contributed by atoms with Crippen LogP contribution in [0.2, 0.25) is 0 Å². The fourth-order valence-corrected chi connectivity index (χ4v) is 5.16. The number of carbonyl (C=O) groups is 1. The molecule has 32 heavy (non-hydrogen) atoms. The van der Waals surface area contributed by atoms with Gasteiger partial charge in [-0.2, -0.15) is 0 Å². The molecule has 4 aromatic rings. The number of ether oxygens (including phenoxy) is 1. The Labute approximate surface area is 190 Å². The Bertz CT molecular complexity index is 1230. The standard InChI is InChI=1S/C24H26N4O3S/c1-27-12-9-25-24(27)32-15-18-4-6-22(31-18)23(29)28-10-7-16(8-11-28)20-14-26-21-5-3-17(30-2)13-19(20)21/h3-6,9,12-14,16,26H,7-8,10-11,15H2,1-2H3. The molecule has 0 radical (unpaired) electrons. The highest BCUT2D eigenvalue weighted by Crippen LogP contribution is 2.35. The van der Waals surface area contributed by atoms with Crippen LogP contribution in [-0.4, -0.2) is 45.5 Å². The van der Waals surface area contributed by atoms with E-state index in [4.69, 9.17) is 9.15 Å². The lowest BCUT2D eigenvalue weighted by molar-refractivity contribution is 0.0679. The maximum atomic E-state index is 13.0. The number of nitrogens with one attached hydrogen (secondary N) is 1. The van der Waals surface area contributed by atoms with E-state index in [0.29, 0.717) is 17.4 Å². The van der Waals surface area contributed by atoms with Gasteiger partial charge in [0.25, 0.3) is 5.91 Å². The van der Waals surface area contributed by atoms with Crippen molar-refractivity contribution < 1.29 is 13.9 Å². The summed E-state index contributed by atoms with van der Waals surface area (Å²) in [5, 5.41) is 2.13. The summed E-state index contributed by atoms with van der Waals surface area (Å²) in [5.74, 6) is 3.09. The molecule has 1 saturated heterocycles. The maximum absolute atomic E-state index is 13.0. The number of furan rings is 1. The van der Waals surface area contributed by atoms with Gasteiger partial charge in [-0.25, -0.2) is 4.98 Å². The smallest absolute Gasteiger partial charge is 0.289 e. The Balaban J connectivity index is 1.21. The molecule has 0 saturated carbocycles. The number of amides is 1. The summed E-state index contributed by atoms with van der Waals surface area (Å²) in [6.07, 6.45) is 7.65. The molecule has 8 heteroatoms. The first-order valence-electron chi connectivity index (χ1n) is 10.8. The molecule has 1 aliphatic heterocycles. The van der Waals surface area contributed by atoms with Crippen molar-refractivity contribution in [3.8, 4) is 5.75 Å². The molecule has 1 amide bonds. The van der Waals surface area contributed by atoms with E-state index in [0.717, 1.165) is 48.1 Å². The van der Waals surface area contributed by atoms with Gasteiger partial charge >= 0.3 is 0 Å². The summed E-state index contributed by atoms with van der Waals surface area (Å²) >= 11 is 1.59. The number of rotatable bonds is 6. The molecule has 166 valence electrons. The highest BCUT2D eigenvalue weighted by Gasteiger charge is 2.27. The van der Waals surface area contributed by atoms with Gasteiger partial charge < -0.3 is 23.6 Å². The number of nitrogens with zero attached hydrogens (tertiary/aromatic N) is 3. The van der Waals surface area contributed by atoms with Gasteiger partial charge in [-0.3, -0.25) is 4.79 Å². The molecule has 0 aliphatic carbocycles. The van der Waals surface area contributed by atoms with Gasteiger partial charge in [-0.1, -0.05) is 11.8 Å². The Kier molecular flexibility index (Phi) is 5.70. The maximum Gasteiger partial charge on any atom is 0.289 e. The van der Waals surface area contributed by atoms with Gasteiger partial charge in [-0.15, -0.1) is 0 Å². The number of imidazole rings is 1. The third-order valence-electron chi connectivity index (χ3n) is 6.14. The molecule has 0 unspecified atom stereocenters. The number of likely N-dealkylation sites (tertiary alicyclic amines) is 1. The van der Waals surface area contributed by atoms with E-state index in [-0.39, 0.29) is 5.91 Å². The number of fused-ring (bicyclic) bond motifs is 1. The molecule has 4 heterocycles. The molecular weight excluding hydrogens is 424 g/mol. The number of aromatic amines is 1. The van der Waals surface area contributed by atoms with Crippen LogP contribution in [-0.2, 0) is 12.8 Å². The molecule has 5 rings (SSSR count). The van der Waals surface area contributed by atoms with Gasteiger partial charge in [-0.05, 0) is 54.7 Å².